The number of furan rings is 4. The van der Waals surface area contributed by atoms with Crippen LogP contribution in [-0.4, -0.2) is 10.9 Å². The molecule has 0 unspecified atom stereocenters. The summed E-state index contributed by atoms with van der Waals surface area (Å²) < 4.78 is 21.4. The average molecular weight is 1090 g/mol. The minimum absolute atomic E-state index is 0. The Morgan fingerprint density at radius 3 is 0.682 bits per heavy atom. The van der Waals surface area contributed by atoms with Crippen molar-refractivity contribution in [2.45, 2.75) is 26.2 Å². The summed E-state index contributed by atoms with van der Waals surface area (Å²) >= 11 is 3.48. The largest absolute Gasteiger partial charge is 1.00 e. The standard InChI is InChI=1S/4C13H9O.2C2H6Si.2ClH.2Zr/c4*1-2-5-11-9-12(8-10(11)4-1)13-6-3-7-14-13;2*1-3-2;;;;/h4*1-9H;2*1-2H3;2*1H;;/q4*-1;;;;;2*+2/p-2. The van der Waals surface area contributed by atoms with Crippen LogP contribution in [0, 0.1) is 0 Å². The van der Waals surface area contributed by atoms with E-state index in [1.54, 1.807) is 71.7 Å². The minimum atomic E-state index is 0. The first-order valence-corrected chi connectivity index (χ1v) is 33.4. The van der Waals surface area contributed by atoms with Gasteiger partial charge in [-0.25, -0.2) is 0 Å². The zero-order chi connectivity index (χ0) is 44.7. The Hall–Kier alpha value is -4.78. The van der Waals surface area contributed by atoms with Crippen LogP contribution in [0.3, 0.4) is 0 Å². The summed E-state index contributed by atoms with van der Waals surface area (Å²) in [4.78, 5) is 0. The molecule has 0 atom stereocenters. The third kappa shape index (κ3) is 15.1. The van der Waals surface area contributed by atoms with Crippen LogP contribution >= 0.6 is 0 Å². The van der Waals surface area contributed by atoms with Gasteiger partial charge in [-0.2, -0.15) is 0 Å². The van der Waals surface area contributed by atoms with Gasteiger partial charge in [-0.1, -0.05) is 119 Å². The second kappa shape index (κ2) is 26.5. The van der Waals surface area contributed by atoms with Crippen LogP contribution in [0.15, 0.2) is 237 Å². The van der Waals surface area contributed by atoms with Gasteiger partial charge in [0.05, 0.1) is 48.1 Å². The maximum absolute atomic E-state index is 5.35. The first-order chi connectivity index (χ1) is 31.2. The molecule has 66 heavy (non-hydrogen) atoms. The van der Waals surface area contributed by atoms with E-state index in [2.05, 4.69) is 123 Å². The molecule has 0 aliphatic carbocycles. The molecule has 0 saturated carbocycles. The van der Waals surface area contributed by atoms with Crippen LogP contribution in [-0.2, 0) is 46.7 Å². The van der Waals surface area contributed by atoms with Gasteiger partial charge < -0.3 is 42.5 Å². The molecule has 4 aromatic heterocycles. The summed E-state index contributed by atoms with van der Waals surface area (Å²) in [5, 5.41) is 10.1. The minimum Gasteiger partial charge on any atom is -1.00 e. The number of benzene rings is 4. The van der Waals surface area contributed by atoms with Crippen molar-refractivity contribution in [3.63, 3.8) is 0 Å². The normalized spacial score (nSPS) is 10.1. The van der Waals surface area contributed by atoms with Crippen molar-refractivity contribution in [3.8, 4) is 45.3 Å². The number of rotatable bonds is 4. The number of fused-ring (bicyclic) bond motifs is 4. The van der Waals surface area contributed by atoms with Crippen LogP contribution in [0.2, 0.25) is 26.2 Å². The van der Waals surface area contributed by atoms with Crippen LogP contribution in [0.25, 0.3) is 88.4 Å². The van der Waals surface area contributed by atoms with Gasteiger partial charge in [0.1, 0.15) is 0 Å². The SMILES string of the molecule is C[Si](C)=[Zr+2].C[Si](C)=[Zr+2].[Cl-].[Cl-].c1coc(-c2cc3ccccc3[cH-]2)c1.c1coc(-c2cc3ccccc3[cH-]2)c1.c1coc(-c2cc3ccccc3[cH-]2)c1.c1coc(-c2cc3ccccc3[cH-]2)c1. The number of hydrogen-bond donors (Lipinski definition) is 0. The van der Waals surface area contributed by atoms with Crippen molar-refractivity contribution in [1.82, 2.24) is 0 Å². The van der Waals surface area contributed by atoms with E-state index in [9.17, 15) is 0 Å². The fraction of sp³-hybridized carbons (Fsp3) is 0.0714. The monoisotopic (exact) mass is 1090 g/mol. The van der Waals surface area contributed by atoms with E-state index in [0.717, 1.165) is 45.3 Å². The first-order valence-electron chi connectivity index (χ1n) is 21.0. The summed E-state index contributed by atoms with van der Waals surface area (Å²) in [7, 11) is 0. The fourth-order valence-electron chi connectivity index (χ4n) is 6.94. The third-order valence-electron chi connectivity index (χ3n) is 9.69. The van der Waals surface area contributed by atoms with Gasteiger partial charge in [-0.05, 0) is 24.3 Å². The predicted molar refractivity (Wildman–Crippen MR) is 264 cm³/mol. The van der Waals surface area contributed by atoms with E-state index in [4.69, 9.17) is 17.7 Å². The Kier molecular flexibility index (Phi) is 21.0. The second-order valence-corrected chi connectivity index (χ2v) is 34.1. The van der Waals surface area contributed by atoms with E-state index in [-0.39, 0.29) is 35.7 Å². The third-order valence-corrected chi connectivity index (χ3v) is 9.69. The number of halogens is 2. The molecule has 12 rings (SSSR count). The number of hydrogen-bond acceptors (Lipinski definition) is 4. The Balaban J connectivity index is 0.000000155. The molecule has 4 heterocycles. The maximum Gasteiger partial charge on any atom is 0.0796 e. The quantitative estimate of drug-likeness (QED) is 0.130. The van der Waals surface area contributed by atoms with E-state index in [1.807, 2.05) is 97.1 Å². The topological polar surface area (TPSA) is 52.6 Å². The zero-order valence-corrected chi connectivity index (χ0v) is 45.6. The van der Waals surface area contributed by atoms with E-state index in [1.165, 1.54) is 43.1 Å². The van der Waals surface area contributed by atoms with Crippen molar-refractivity contribution in [2.75, 3.05) is 0 Å². The molecule has 0 aliphatic heterocycles. The smallest absolute Gasteiger partial charge is 0.0796 e. The van der Waals surface area contributed by atoms with Gasteiger partial charge >= 0.3 is 83.7 Å². The maximum atomic E-state index is 5.35. The van der Waals surface area contributed by atoms with Gasteiger partial charge in [-0.3, -0.25) is 0 Å². The fourth-order valence-corrected chi connectivity index (χ4v) is 6.94. The van der Waals surface area contributed by atoms with Crippen LogP contribution in [0.5, 0.6) is 0 Å². The molecule has 0 bridgehead atoms. The van der Waals surface area contributed by atoms with Gasteiger partial charge in [0.2, 0.25) is 0 Å². The Bertz CT molecular complexity index is 2690. The van der Waals surface area contributed by atoms with E-state index >= 15 is 0 Å². The van der Waals surface area contributed by atoms with E-state index < -0.39 is 0 Å². The molecule has 0 aliphatic rings. The molecule has 4 nitrogen and oxygen atoms in total. The summed E-state index contributed by atoms with van der Waals surface area (Å²) in [6, 6.07) is 66.0. The first kappa shape index (κ1) is 52.2. The average Bonchev–Trinajstić information content (AvgIpc) is 4.16. The Morgan fingerprint density at radius 2 is 0.515 bits per heavy atom. The molecule has 12 aromatic rings. The molecule has 328 valence electrons. The summed E-state index contributed by atoms with van der Waals surface area (Å²) in [5.41, 5.74) is 5.02. The van der Waals surface area contributed by atoms with Crippen molar-refractivity contribution in [2.24, 2.45) is 0 Å². The molecular weight excluding hydrogens is 1050 g/mol. The summed E-state index contributed by atoms with van der Waals surface area (Å²) in [6.07, 6.45) is 6.81. The second-order valence-electron chi connectivity index (χ2n) is 15.4. The molecule has 0 fully saturated rings. The van der Waals surface area contributed by atoms with Crippen LogP contribution in [0.1, 0.15) is 0 Å². The molecule has 0 amide bonds. The summed E-state index contributed by atoms with van der Waals surface area (Å²) in [6.45, 7) is 9.23. The van der Waals surface area contributed by atoms with Crippen molar-refractivity contribution < 1.29 is 89.2 Å². The van der Waals surface area contributed by atoms with Gasteiger partial charge in [0, 0.05) is 0 Å². The van der Waals surface area contributed by atoms with Crippen molar-refractivity contribution >= 4 is 54.0 Å². The molecule has 0 N–H and O–H groups in total. The Labute approximate surface area is 429 Å². The van der Waals surface area contributed by atoms with Crippen LogP contribution in [0.4, 0.5) is 0 Å². The van der Waals surface area contributed by atoms with Crippen molar-refractivity contribution in [1.29, 1.82) is 0 Å². The summed E-state index contributed by atoms with van der Waals surface area (Å²) in [5.74, 6) is 3.73. The van der Waals surface area contributed by atoms with E-state index in [0.29, 0.717) is 0 Å². The molecule has 10 heteroatoms. The molecule has 0 saturated heterocycles. The molecule has 0 radical (unpaired) electrons. The van der Waals surface area contributed by atoms with Gasteiger partial charge in [0.25, 0.3) is 0 Å². The zero-order valence-electron chi connectivity index (χ0n) is 37.2. The molecule has 0 spiro atoms. The molecular formula is C56H48Cl2O4Si2Zr2-2. The van der Waals surface area contributed by atoms with Crippen LogP contribution < -0.4 is 24.8 Å². The molecule has 8 aromatic carbocycles. The van der Waals surface area contributed by atoms with Gasteiger partial charge in [0.15, 0.2) is 0 Å². The Morgan fingerprint density at radius 1 is 0.318 bits per heavy atom. The van der Waals surface area contributed by atoms with Gasteiger partial charge in [-0.15, -0.1) is 116 Å². The predicted octanol–water partition coefficient (Wildman–Crippen LogP) is 10.9. The van der Waals surface area contributed by atoms with Crippen molar-refractivity contribution in [3.05, 3.63) is 219 Å².